The van der Waals surface area contributed by atoms with Gasteiger partial charge in [-0.15, -0.1) is 26.6 Å². The lowest BCUT2D eigenvalue weighted by Crippen LogP contribution is -2.51. The molecule has 1 aliphatic heterocycles. The Bertz CT molecular complexity index is 864. The molecule has 0 spiro atoms. The van der Waals surface area contributed by atoms with Crippen molar-refractivity contribution >= 4 is 22.8 Å². The van der Waals surface area contributed by atoms with Crippen LogP contribution < -0.4 is 10.2 Å². The molecule has 1 aliphatic carbocycles. The van der Waals surface area contributed by atoms with Gasteiger partial charge < -0.3 is 10.2 Å². The molecule has 8 heteroatoms. The Balaban J connectivity index is 1.20. The van der Waals surface area contributed by atoms with Crippen molar-refractivity contribution in [1.82, 2.24) is 30.1 Å². The van der Waals surface area contributed by atoms with Gasteiger partial charge in [-0.3, -0.25) is 0 Å². The van der Waals surface area contributed by atoms with Crippen LogP contribution in [0.1, 0.15) is 42.6 Å². The van der Waals surface area contributed by atoms with Crippen LogP contribution in [-0.4, -0.2) is 44.4 Å². The summed E-state index contributed by atoms with van der Waals surface area (Å²) < 4.78 is 1.93. The van der Waals surface area contributed by atoms with Gasteiger partial charge in [-0.2, -0.15) is 4.52 Å². The minimum Gasteiger partial charge on any atom is -0.354 e. The van der Waals surface area contributed by atoms with Crippen molar-refractivity contribution in [3.8, 4) is 0 Å². The van der Waals surface area contributed by atoms with Crippen LogP contribution >= 0.6 is 11.3 Å². The third-order valence-corrected chi connectivity index (χ3v) is 5.99. The van der Waals surface area contributed by atoms with Crippen molar-refractivity contribution in [2.24, 2.45) is 5.92 Å². The van der Waals surface area contributed by atoms with E-state index in [1.165, 1.54) is 12.8 Å². The summed E-state index contributed by atoms with van der Waals surface area (Å²) in [6, 6.07) is 4.40. The highest BCUT2D eigenvalue weighted by atomic mass is 32.1. The van der Waals surface area contributed by atoms with Crippen LogP contribution in [0.2, 0.25) is 0 Å². The summed E-state index contributed by atoms with van der Waals surface area (Å²) in [5.41, 5.74) is 0.849. The Hall–Kier alpha value is -2.06. The fourth-order valence-corrected chi connectivity index (χ4v) is 4.00. The average Bonchev–Trinajstić information content (AvgIpc) is 3.11. The minimum atomic E-state index is 0.321. The predicted octanol–water partition coefficient (Wildman–Crippen LogP) is 2.25. The lowest BCUT2D eigenvalue weighted by Gasteiger charge is -2.40. The van der Waals surface area contributed by atoms with Crippen LogP contribution in [0.15, 0.2) is 23.7 Å². The molecule has 2 aliphatic rings. The Kier molecular flexibility index (Phi) is 3.67. The highest BCUT2D eigenvalue weighted by molar-refractivity contribution is 7.09. The summed E-state index contributed by atoms with van der Waals surface area (Å²) in [5.74, 6) is 3.26. The van der Waals surface area contributed by atoms with E-state index >= 15 is 0 Å². The van der Waals surface area contributed by atoms with Gasteiger partial charge in [-0.25, -0.2) is 4.98 Å². The van der Waals surface area contributed by atoms with Gasteiger partial charge >= 0.3 is 0 Å². The van der Waals surface area contributed by atoms with E-state index in [0.29, 0.717) is 17.9 Å². The summed E-state index contributed by atoms with van der Waals surface area (Å²) >= 11 is 1.71. The van der Waals surface area contributed by atoms with E-state index in [1.54, 1.807) is 11.3 Å². The van der Waals surface area contributed by atoms with Gasteiger partial charge in [0.2, 0.25) is 0 Å². The molecular formula is C17H21N7S. The second-order valence-electron chi connectivity index (χ2n) is 7.07. The zero-order valence-corrected chi connectivity index (χ0v) is 15.0. The number of fused-ring (bicyclic) bond motifs is 1. The molecule has 3 aromatic heterocycles. The van der Waals surface area contributed by atoms with Crippen LogP contribution in [0.3, 0.4) is 0 Å². The molecule has 1 saturated carbocycles. The number of anilines is 1. The molecule has 0 aromatic carbocycles. The monoisotopic (exact) mass is 355 g/mol. The van der Waals surface area contributed by atoms with Crippen LogP contribution in [0, 0.1) is 5.92 Å². The fourth-order valence-electron chi connectivity index (χ4n) is 3.33. The smallest absolute Gasteiger partial charge is 0.178 e. The standard InChI is InChI=1S/C17H21N7S/c1-11(17-18-6-7-25-17)19-8-12-9-23(10-12)15-5-4-14-20-21-16(13-2-3-13)24(14)22-15/h4-7,11-13,19H,2-3,8-10H2,1H3. The van der Waals surface area contributed by atoms with Gasteiger partial charge in [0.15, 0.2) is 11.5 Å². The Labute approximate surface area is 150 Å². The molecule has 4 heterocycles. The van der Waals surface area contributed by atoms with E-state index in [2.05, 4.69) is 38.4 Å². The average molecular weight is 355 g/mol. The molecular weight excluding hydrogens is 334 g/mol. The highest BCUT2D eigenvalue weighted by Gasteiger charge is 2.31. The molecule has 1 saturated heterocycles. The number of aromatic nitrogens is 5. The maximum Gasteiger partial charge on any atom is 0.178 e. The number of hydrogen-bond donors (Lipinski definition) is 1. The van der Waals surface area contributed by atoms with Crippen molar-refractivity contribution in [1.29, 1.82) is 0 Å². The quantitative estimate of drug-likeness (QED) is 0.731. The van der Waals surface area contributed by atoms with Gasteiger partial charge in [-0.1, -0.05) is 0 Å². The first-order chi connectivity index (χ1) is 12.3. The molecule has 3 aromatic rings. The van der Waals surface area contributed by atoms with Crippen molar-refractivity contribution in [2.45, 2.75) is 31.7 Å². The molecule has 130 valence electrons. The van der Waals surface area contributed by atoms with Crippen LogP contribution in [0.25, 0.3) is 5.65 Å². The van der Waals surface area contributed by atoms with Gasteiger partial charge in [0.25, 0.3) is 0 Å². The third kappa shape index (κ3) is 2.89. The Morgan fingerprint density at radius 3 is 2.92 bits per heavy atom. The molecule has 1 atom stereocenters. The normalized spacial score (nSPS) is 19.3. The summed E-state index contributed by atoms with van der Waals surface area (Å²) in [6.07, 6.45) is 4.29. The first-order valence-electron chi connectivity index (χ1n) is 8.88. The number of hydrogen-bond acceptors (Lipinski definition) is 7. The number of nitrogens with one attached hydrogen (secondary N) is 1. The molecule has 25 heavy (non-hydrogen) atoms. The lowest BCUT2D eigenvalue weighted by atomic mass is 10.00. The van der Waals surface area contributed by atoms with Gasteiger partial charge in [0.1, 0.15) is 10.8 Å². The van der Waals surface area contributed by atoms with Crippen LogP contribution in [0.4, 0.5) is 5.82 Å². The summed E-state index contributed by atoms with van der Waals surface area (Å²) in [5, 5.41) is 20.1. The van der Waals surface area contributed by atoms with Crippen molar-refractivity contribution in [2.75, 3.05) is 24.5 Å². The van der Waals surface area contributed by atoms with E-state index < -0.39 is 0 Å². The second kappa shape index (κ2) is 6.03. The lowest BCUT2D eigenvalue weighted by molar-refractivity contribution is 0.365. The van der Waals surface area contributed by atoms with E-state index in [0.717, 1.165) is 41.9 Å². The van der Waals surface area contributed by atoms with Crippen molar-refractivity contribution in [3.63, 3.8) is 0 Å². The van der Waals surface area contributed by atoms with Crippen molar-refractivity contribution in [3.05, 3.63) is 34.5 Å². The predicted molar refractivity (Wildman–Crippen MR) is 97.0 cm³/mol. The van der Waals surface area contributed by atoms with E-state index in [-0.39, 0.29) is 0 Å². The second-order valence-corrected chi connectivity index (χ2v) is 7.99. The largest absolute Gasteiger partial charge is 0.354 e. The number of thiazole rings is 1. The molecule has 0 amide bonds. The third-order valence-electron chi connectivity index (χ3n) is 5.03. The zero-order chi connectivity index (χ0) is 16.8. The molecule has 0 bridgehead atoms. The molecule has 7 nitrogen and oxygen atoms in total. The van der Waals surface area contributed by atoms with Crippen LogP contribution in [0.5, 0.6) is 0 Å². The zero-order valence-electron chi connectivity index (χ0n) is 14.2. The molecule has 1 N–H and O–H groups in total. The topological polar surface area (TPSA) is 71.2 Å². The van der Waals surface area contributed by atoms with E-state index in [1.807, 2.05) is 22.2 Å². The van der Waals surface area contributed by atoms with E-state index in [9.17, 15) is 0 Å². The molecule has 2 fully saturated rings. The Morgan fingerprint density at radius 2 is 2.16 bits per heavy atom. The summed E-state index contributed by atoms with van der Waals surface area (Å²) in [4.78, 5) is 6.70. The maximum atomic E-state index is 4.78. The first-order valence-corrected chi connectivity index (χ1v) is 9.76. The summed E-state index contributed by atoms with van der Waals surface area (Å²) in [7, 11) is 0. The highest BCUT2D eigenvalue weighted by Crippen LogP contribution is 2.38. The maximum absolute atomic E-state index is 4.78. The number of nitrogens with zero attached hydrogens (tertiary/aromatic N) is 6. The fraction of sp³-hybridized carbons (Fsp3) is 0.529. The SMILES string of the molecule is CC(NCC1CN(c2ccc3nnc(C4CC4)n3n2)C1)c1nccs1. The van der Waals surface area contributed by atoms with Gasteiger partial charge in [0, 0.05) is 43.0 Å². The van der Waals surface area contributed by atoms with Crippen molar-refractivity contribution < 1.29 is 0 Å². The molecule has 5 rings (SSSR count). The minimum absolute atomic E-state index is 0.321. The van der Waals surface area contributed by atoms with Crippen LogP contribution in [-0.2, 0) is 0 Å². The first kappa shape index (κ1) is 15.2. The van der Waals surface area contributed by atoms with Gasteiger partial charge in [-0.05, 0) is 31.9 Å². The van der Waals surface area contributed by atoms with E-state index in [4.69, 9.17) is 5.10 Å². The number of rotatable bonds is 6. The Morgan fingerprint density at radius 1 is 1.28 bits per heavy atom. The van der Waals surface area contributed by atoms with Gasteiger partial charge in [0.05, 0.1) is 6.04 Å². The summed E-state index contributed by atoms with van der Waals surface area (Å²) in [6.45, 7) is 5.27. The molecule has 0 radical (unpaired) electrons. The molecule has 1 unspecified atom stereocenters.